The van der Waals surface area contributed by atoms with E-state index in [0.717, 1.165) is 28.7 Å². The molecule has 1 saturated heterocycles. The van der Waals surface area contributed by atoms with E-state index in [4.69, 9.17) is 41.8 Å². The number of ether oxygens (including phenoxy) is 3. The maximum Gasteiger partial charge on any atom is 0.339 e. The third-order valence-electron chi connectivity index (χ3n) is 21.7. The summed E-state index contributed by atoms with van der Waals surface area (Å²) in [6.45, 7) is 47.2. The normalized spacial score (nSPS) is 14.9. The molecule has 27 heteroatoms. The molecule has 0 spiro atoms. The molecule has 10 atom stereocenters. The Balaban J connectivity index is 0.000000795. The lowest BCUT2D eigenvalue weighted by Crippen LogP contribution is -2.42. The van der Waals surface area contributed by atoms with Crippen molar-refractivity contribution in [2.45, 2.75) is 352 Å². The number of carbonyl (C=O) groups excluding carboxylic acids is 8. The molecular weight excluding hydrogens is 1840 g/mol. The Morgan fingerprint density at radius 3 is 1.05 bits per heavy atom. The van der Waals surface area contributed by atoms with Gasteiger partial charge < -0.3 is 71.2 Å². The lowest BCUT2D eigenvalue weighted by Gasteiger charge is -2.32. The molecule has 0 saturated carbocycles. The fraction of sp³-hybridized carbons (Fsp3) is 0.461. The standard InChI is InChI=1S/C18H29NO3.C18H27NO3.C13H19NO.2C12H14O3.2C8H11N.C7H5ClO.C7H8O3S.C6H15N.C5H8O2.CH4/c2*1-12(2)19(13(3)4)18(22)16-9-7-6-8-15(16)17(21)11-10-14(5)20;1-10(2)14(11(3)4)13(15)12-8-6-5-7-9-12;2*1-8(13)6-7-11-9-4-2-3-5-10(9)12(14)15-11;2*1-7(9)8-5-3-2-4-6-8;8-7(9)6-4-2-1-3-5-6;1-6-2-4-7(5-3-6)11(8,9)10;1-5(2)7-6(3)4;1-4-2-3-5(6)7-4;/h6-9,12-14,17,20-21H,10-11H2,1-5H3;6-9,12-14,20H,10-11H2,1-5H3;5-11H,1-4H3;2*2-5,8,11,13H,6-7H2,1H3;2*2-7H,9H2,1H3;1-5H;2-5H,1H3,(H,8,9,10);5-7H,1-4H3;4H,2-3H2,1H3;1H4/t;;;8?,11-;;2*7-;;;;;/m...1.10...../s1. The summed E-state index contributed by atoms with van der Waals surface area (Å²) in [6.07, 6.45) is 3.15. The number of amides is 3. The molecule has 0 aromatic heterocycles. The van der Waals surface area contributed by atoms with Crippen molar-refractivity contribution >= 4 is 68.4 Å². The summed E-state index contributed by atoms with van der Waals surface area (Å²) in [6, 6.07) is 75.6. The van der Waals surface area contributed by atoms with E-state index >= 15 is 0 Å². The summed E-state index contributed by atoms with van der Waals surface area (Å²) in [5.74, 6) is -0.713. The maximum atomic E-state index is 12.9. The van der Waals surface area contributed by atoms with Gasteiger partial charge in [0.25, 0.3) is 33.1 Å². The van der Waals surface area contributed by atoms with Gasteiger partial charge in [-0.1, -0.05) is 235 Å². The first-order valence-corrected chi connectivity index (χ1v) is 50.7. The summed E-state index contributed by atoms with van der Waals surface area (Å²) in [5, 5.41) is 50.4. The highest BCUT2D eigenvalue weighted by Crippen LogP contribution is 2.36. The minimum atomic E-state index is -4.02. The number of ketones is 1. The third kappa shape index (κ3) is 49.8. The van der Waals surface area contributed by atoms with Crippen molar-refractivity contribution in [1.82, 2.24) is 20.0 Å². The molecule has 25 nitrogen and oxygen atoms in total. The Morgan fingerprint density at radius 2 is 0.739 bits per heavy atom. The Bertz CT molecular complexity index is 5090. The molecule has 9 aromatic carbocycles. The number of hydrogen-bond donors (Lipinski definition) is 9. The summed E-state index contributed by atoms with van der Waals surface area (Å²) >= 11 is 5.16. The maximum absolute atomic E-state index is 12.9. The number of carbonyl (C=O) groups is 8. The number of fused-ring (bicyclic) bond motifs is 2. The SMILES string of the molecule is C.CC(C)N(C(=O)c1ccccc1)C(C)C.CC(C)NC(C)C.CC(O)CCC(=O)c1ccccc1C(=O)N(C(C)C)C(C)C.CC(O)CCC(O)c1ccccc1C(=O)N(C(C)C)C(C)C.CC(O)CCC1OC(=O)c2ccccc21.CC(O)CC[C@H]1OC(=O)c2ccccc21.CC1CCC(=O)O1.C[C@@H](N)c1ccccc1.C[C@H](N)c1ccccc1.Cc1ccc(S(=O)(=O)O)cc1.O=C(Cl)c1ccccc1. The second-order valence-electron chi connectivity index (χ2n) is 37.4. The van der Waals surface area contributed by atoms with Gasteiger partial charge in [0.1, 0.15) is 12.2 Å². The molecular formula is C115H165ClN6O19S. The van der Waals surface area contributed by atoms with Crippen molar-refractivity contribution in [1.29, 1.82) is 0 Å². The third-order valence-corrected chi connectivity index (χ3v) is 22.8. The van der Waals surface area contributed by atoms with Gasteiger partial charge >= 0.3 is 17.9 Å². The molecule has 7 unspecified atom stereocenters. The highest BCUT2D eigenvalue weighted by Gasteiger charge is 2.33. The first kappa shape index (κ1) is 129. The Morgan fingerprint density at radius 1 is 0.408 bits per heavy atom. The van der Waals surface area contributed by atoms with Gasteiger partial charge in [0.2, 0.25) is 0 Å². The molecule has 12 rings (SSSR count). The van der Waals surface area contributed by atoms with Gasteiger partial charge in [0.15, 0.2) is 5.78 Å². The van der Waals surface area contributed by atoms with Crippen LogP contribution in [0.5, 0.6) is 0 Å². The largest absolute Gasteiger partial charge is 0.463 e. The molecule has 782 valence electrons. The van der Waals surface area contributed by atoms with E-state index in [2.05, 4.69) is 33.0 Å². The van der Waals surface area contributed by atoms with Crippen LogP contribution in [-0.2, 0) is 29.1 Å². The van der Waals surface area contributed by atoms with E-state index in [1.54, 1.807) is 118 Å². The van der Waals surface area contributed by atoms with Gasteiger partial charge in [-0.3, -0.25) is 33.3 Å². The lowest BCUT2D eigenvalue weighted by atomic mass is 9.96. The van der Waals surface area contributed by atoms with E-state index in [9.17, 15) is 72.3 Å². The number of rotatable bonds is 29. The van der Waals surface area contributed by atoms with Crippen molar-refractivity contribution in [3.05, 3.63) is 315 Å². The van der Waals surface area contributed by atoms with E-state index in [-0.39, 0.29) is 139 Å². The van der Waals surface area contributed by atoms with Crippen LogP contribution in [0.3, 0.4) is 0 Å². The highest BCUT2D eigenvalue weighted by molar-refractivity contribution is 7.85. The van der Waals surface area contributed by atoms with Crippen molar-refractivity contribution in [2.75, 3.05) is 0 Å². The van der Waals surface area contributed by atoms with E-state index in [0.29, 0.717) is 102 Å². The summed E-state index contributed by atoms with van der Waals surface area (Å²) < 4.78 is 44.7. The molecule has 0 radical (unpaired) electrons. The number of cyclic esters (lactones) is 3. The van der Waals surface area contributed by atoms with Crippen LogP contribution in [0, 0.1) is 6.92 Å². The number of nitrogens with one attached hydrogen (secondary N) is 1. The summed E-state index contributed by atoms with van der Waals surface area (Å²) in [4.78, 5) is 99.1. The first-order valence-electron chi connectivity index (χ1n) is 48.8. The molecule has 3 amide bonds. The quantitative estimate of drug-likeness (QED) is 0.00691. The fourth-order valence-electron chi connectivity index (χ4n) is 14.9. The molecule has 0 bridgehead atoms. The number of nitrogens with zero attached hydrogens (tertiary/aromatic N) is 3. The van der Waals surface area contributed by atoms with E-state index in [1.807, 2.05) is 266 Å². The molecule has 3 heterocycles. The van der Waals surface area contributed by atoms with Crippen LogP contribution in [-0.4, -0.2) is 179 Å². The number of benzene rings is 9. The lowest BCUT2D eigenvalue weighted by molar-refractivity contribution is -0.140. The number of Topliss-reactive ketones (excluding diaryl/α,β-unsaturated/α-hetero) is 1. The number of aryl methyl sites for hydroxylation is 1. The number of nitrogens with two attached hydrogens (primary N) is 2. The molecule has 11 N–H and O–H groups in total. The van der Waals surface area contributed by atoms with Crippen LogP contribution in [0.2, 0.25) is 0 Å². The van der Waals surface area contributed by atoms with Crippen LogP contribution in [0.25, 0.3) is 0 Å². The zero-order valence-electron chi connectivity index (χ0n) is 87.3. The summed E-state index contributed by atoms with van der Waals surface area (Å²) in [7, 11) is -4.02. The van der Waals surface area contributed by atoms with Crippen LogP contribution < -0.4 is 16.8 Å². The molecule has 142 heavy (non-hydrogen) atoms. The average Bonchev–Trinajstić information content (AvgIpc) is 1.74. The zero-order valence-corrected chi connectivity index (χ0v) is 88.9. The Hall–Kier alpha value is -11.0. The smallest absolute Gasteiger partial charge is 0.339 e. The van der Waals surface area contributed by atoms with Crippen molar-refractivity contribution < 1.29 is 91.1 Å². The van der Waals surface area contributed by atoms with E-state index in [1.165, 1.54) is 23.3 Å². The topological polar surface area (TPSA) is 394 Å². The van der Waals surface area contributed by atoms with Gasteiger partial charge in [0, 0.05) is 107 Å². The second kappa shape index (κ2) is 68.3. The Kier molecular flexibility index (Phi) is 62.1. The minimum Gasteiger partial charge on any atom is -0.463 e. The molecule has 9 aromatic rings. The average molecular weight is 2000 g/mol. The molecule has 0 aliphatic carbocycles. The van der Waals surface area contributed by atoms with Gasteiger partial charge in [-0.05, 0) is 267 Å². The minimum absolute atomic E-state index is 0. The predicted molar refractivity (Wildman–Crippen MR) is 571 cm³/mol. The van der Waals surface area contributed by atoms with Crippen LogP contribution in [0.1, 0.15) is 367 Å². The van der Waals surface area contributed by atoms with Gasteiger partial charge in [-0.25, -0.2) is 9.59 Å². The van der Waals surface area contributed by atoms with Gasteiger partial charge in [-0.15, -0.1) is 0 Å². The number of esters is 3. The van der Waals surface area contributed by atoms with Gasteiger partial charge in [-0.2, -0.15) is 8.42 Å². The zero-order chi connectivity index (χ0) is 107. The van der Waals surface area contributed by atoms with Gasteiger partial charge in [0.05, 0.1) is 58.2 Å². The molecule has 3 aliphatic rings. The summed E-state index contributed by atoms with van der Waals surface area (Å²) in [5.41, 5.74) is 21.2. The monoisotopic (exact) mass is 2000 g/mol. The predicted octanol–water partition coefficient (Wildman–Crippen LogP) is 23.0. The van der Waals surface area contributed by atoms with Crippen molar-refractivity contribution in [3.63, 3.8) is 0 Å². The molecule has 3 aliphatic heterocycles. The molecule has 1 fully saturated rings. The van der Waals surface area contributed by atoms with Crippen LogP contribution in [0.15, 0.2) is 248 Å². The van der Waals surface area contributed by atoms with Crippen molar-refractivity contribution in [3.8, 4) is 0 Å². The first-order chi connectivity index (χ1) is 66.2. The number of aliphatic hydroxyl groups is 5. The van der Waals surface area contributed by atoms with Crippen LogP contribution >= 0.6 is 11.6 Å². The fourth-order valence-corrected chi connectivity index (χ4v) is 15.5. The van der Waals surface area contributed by atoms with Crippen LogP contribution in [0.4, 0.5) is 0 Å². The highest BCUT2D eigenvalue weighted by atomic mass is 35.5. The van der Waals surface area contributed by atoms with Crippen molar-refractivity contribution in [2.24, 2.45) is 11.5 Å². The number of aliphatic hydroxyl groups excluding tert-OH is 5. The van der Waals surface area contributed by atoms with E-state index < -0.39 is 33.7 Å². The number of hydrogen-bond acceptors (Lipinski definition) is 21. The number of halogens is 1. The second-order valence-corrected chi connectivity index (χ2v) is 39.2. The Labute approximate surface area is 852 Å².